The van der Waals surface area contributed by atoms with Crippen molar-refractivity contribution in [2.24, 2.45) is 0 Å². The molecule has 0 aliphatic carbocycles. The van der Waals surface area contributed by atoms with Gasteiger partial charge in [0, 0.05) is 17.8 Å². The van der Waals surface area contributed by atoms with Crippen LogP contribution in [0.25, 0.3) is 11.3 Å². The number of Topliss-reactive ketones (excluding diaryl/α,β-unsaturated/α-hetero) is 1. The molecule has 1 aromatic heterocycles. The van der Waals surface area contributed by atoms with Crippen LogP contribution in [0, 0.1) is 6.92 Å². The second-order valence-corrected chi connectivity index (χ2v) is 5.54. The summed E-state index contributed by atoms with van der Waals surface area (Å²) in [5.41, 5.74) is 5.56. The molecule has 1 aromatic carbocycles. The third kappa shape index (κ3) is 2.31. The minimum absolute atomic E-state index is 0.163. The van der Waals surface area contributed by atoms with Crippen molar-refractivity contribution < 1.29 is 4.79 Å². The predicted octanol–water partition coefficient (Wildman–Crippen LogP) is 4.81. The zero-order valence-electron chi connectivity index (χ0n) is 13.0. The Morgan fingerprint density at radius 1 is 1.20 bits per heavy atom. The van der Waals surface area contributed by atoms with Crippen LogP contribution in [0.3, 0.4) is 0 Å². The number of benzene rings is 1. The van der Waals surface area contributed by atoms with Crippen LogP contribution in [0.5, 0.6) is 0 Å². The topological polar surface area (TPSA) is 22.0 Å². The van der Waals surface area contributed by atoms with Gasteiger partial charge in [-0.05, 0) is 37.8 Å². The van der Waals surface area contributed by atoms with E-state index in [9.17, 15) is 4.79 Å². The molecule has 2 heteroatoms. The lowest BCUT2D eigenvalue weighted by molar-refractivity contribution is 0.101. The van der Waals surface area contributed by atoms with Gasteiger partial charge in [0.15, 0.2) is 5.78 Å². The van der Waals surface area contributed by atoms with Crippen LogP contribution in [0.2, 0.25) is 0 Å². The molecule has 0 saturated carbocycles. The zero-order chi connectivity index (χ0) is 14.9. The Labute approximate surface area is 121 Å². The van der Waals surface area contributed by atoms with Crippen molar-refractivity contribution in [1.82, 2.24) is 4.57 Å². The van der Waals surface area contributed by atoms with E-state index in [1.54, 1.807) is 6.92 Å². The summed E-state index contributed by atoms with van der Waals surface area (Å²) in [5.74, 6) is 0.492. The van der Waals surface area contributed by atoms with Gasteiger partial charge in [-0.1, -0.05) is 44.2 Å². The van der Waals surface area contributed by atoms with Gasteiger partial charge >= 0.3 is 0 Å². The van der Waals surface area contributed by atoms with Crippen LogP contribution in [0.4, 0.5) is 0 Å². The summed E-state index contributed by atoms with van der Waals surface area (Å²) >= 11 is 0. The molecule has 0 bridgehead atoms. The minimum Gasteiger partial charge on any atom is -0.344 e. The predicted molar refractivity (Wildman–Crippen MR) is 84.4 cm³/mol. The first-order chi connectivity index (χ1) is 9.49. The molecule has 2 aromatic rings. The average Bonchev–Trinajstić information content (AvgIpc) is 2.72. The lowest BCUT2D eigenvalue weighted by Gasteiger charge is -2.13. The highest BCUT2D eigenvalue weighted by Gasteiger charge is 2.24. The molecule has 2 rings (SSSR count). The fourth-order valence-corrected chi connectivity index (χ4v) is 3.07. The van der Waals surface area contributed by atoms with E-state index in [-0.39, 0.29) is 5.78 Å². The van der Waals surface area contributed by atoms with E-state index in [0.29, 0.717) is 5.92 Å². The zero-order valence-corrected chi connectivity index (χ0v) is 13.0. The van der Waals surface area contributed by atoms with Crippen LogP contribution in [0.15, 0.2) is 30.3 Å². The lowest BCUT2D eigenvalue weighted by Crippen LogP contribution is -2.01. The van der Waals surface area contributed by atoms with Crippen LogP contribution in [-0.4, -0.2) is 10.4 Å². The fourth-order valence-electron chi connectivity index (χ4n) is 3.07. The second kappa shape index (κ2) is 5.66. The van der Waals surface area contributed by atoms with Crippen LogP contribution in [-0.2, 0) is 6.54 Å². The molecule has 1 heterocycles. The molecule has 20 heavy (non-hydrogen) atoms. The smallest absolute Gasteiger partial charge is 0.161 e. The van der Waals surface area contributed by atoms with Crippen LogP contribution < -0.4 is 0 Å². The molecule has 2 nitrogen and oxygen atoms in total. The second-order valence-electron chi connectivity index (χ2n) is 5.54. The summed E-state index contributed by atoms with van der Waals surface area (Å²) in [5, 5.41) is 0. The SMILES string of the molecule is CCn1c(C)c(C(C)=O)c(C(C)C)c1-c1ccccc1. The highest BCUT2D eigenvalue weighted by Crippen LogP contribution is 2.36. The lowest BCUT2D eigenvalue weighted by atomic mass is 9.93. The monoisotopic (exact) mass is 269 g/mol. The number of carbonyl (C=O) groups is 1. The van der Waals surface area contributed by atoms with Crippen LogP contribution >= 0.6 is 0 Å². The number of hydrogen-bond donors (Lipinski definition) is 0. The Kier molecular flexibility index (Phi) is 4.12. The van der Waals surface area contributed by atoms with Gasteiger partial charge in [-0.15, -0.1) is 0 Å². The largest absolute Gasteiger partial charge is 0.344 e. The molecule has 106 valence electrons. The highest BCUT2D eigenvalue weighted by molar-refractivity contribution is 5.99. The number of aromatic nitrogens is 1. The Bertz CT molecular complexity index is 621. The Hall–Kier alpha value is -1.83. The van der Waals surface area contributed by atoms with Crippen molar-refractivity contribution in [3.8, 4) is 11.3 Å². The summed E-state index contributed by atoms with van der Waals surface area (Å²) in [4.78, 5) is 12.1. The molecule has 0 N–H and O–H groups in total. The third-order valence-corrected chi connectivity index (χ3v) is 3.85. The van der Waals surface area contributed by atoms with E-state index < -0.39 is 0 Å². The normalized spacial score (nSPS) is 11.1. The molecule has 0 spiro atoms. The molecule has 0 saturated heterocycles. The third-order valence-electron chi connectivity index (χ3n) is 3.85. The molecular weight excluding hydrogens is 246 g/mol. The molecule has 0 atom stereocenters. The first-order valence-corrected chi connectivity index (χ1v) is 7.28. The Morgan fingerprint density at radius 3 is 2.25 bits per heavy atom. The van der Waals surface area contributed by atoms with Gasteiger partial charge in [-0.25, -0.2) is 0 Å². The summed E-state index contributed by atoms with van der Waals surface area (Å²) in [7, 11) is 0. The Balaban J connectivity index is 2.84. The molecule has 0 amide bonds. The molecule has 0 fully saturated rings. The van der Waals surface area contributed by atoms with Gasteiger partial charge in [0.05, 0.1) is 5.69 Å². The summed E-state index contributed by atoms with van der Waals surface area (Å²) in [6.07, 6.45) is 0. The average molecular weight is 269 g/mol. The van der Waals surface area contributed by atoms with Crippen molar-refractivity contribution in [3.63, 3.8) is 0 Å². The van der Waals surface area contributed by atoms with Gasteiger partial charge in [0.1, 0.15) is 0 Å². The van der Waals surface area contributed by atoms with Gasteiger partial charge in [-0.3, -0.25) is 4.79 Å². The van der Waals surface area contributed by atoms with E-state index in [1.807, 2.05) is 6.07 Å². The molecule has 0 unspecified atom stereocenters. The van der Waals surface area contributed by atoms with Crippen molar-refractivity contribution in [2.45, 2.75) is 47.1 Å². The van der Waals surface area contributed by atoms with Gasteiger partial charge in [-0.2, -0.15) is 0 Å². The van der Waals surface area contributed by atoms with E-state index in [2.05, 4.69) is 56.5 Å². The maximum absolute atomic E-state index is 12.1. The first kappa shape index (κ1) is 14.6. The van der Waals surface area contributed by atoms with Gasteiger partial charge in [0.25, 0.3) is 0 Å². The minimum atomic E-state index is 0.163. The summed E-state index contributed by atoms with van der Waals surface area (Å²) < 4.78 is 2.27. The maximum Gasteiger partial charge on any atom is 0.161 e. The number of nitrogens with zero attached hydrogens (tertiary/aromatic N) is 1. The van der Waals surface area contributed by atoms with Crippen LogP contribution in [0.1, 0.15) is 55.2 Å². The highest BCUT2D eigenvalue weighted by atomic mass is 16.1. The van der Waals surface area contributed by atoms with Gasteiger partial charge < -0.3 is 4.57 Å². The maximum atomic E-state index is 12.1. The molecule has 0 aliphatic rings. The fraction of sp³-hybridized carbons (Fsp3) is 0.389. The number of rotatable bonds is 4. The number of carbonyl (C=O) groups excluding carboxylic acids is 1. The summed E-state index contributed by atoms with van der Waals surface area (Å²) in [6.45, 7) is 11.1. The Morgan fingerprint density at radius 2 is 1.80 bits per heavy atom. The number of hydrogen-bond acceptors (Lipinski definition) is 1. The standard InChI is InChI=1S/C18H23NO/c1-6-19-13(4)17(14(5)20)16(12(2)3)18(19)15-10-8-7-9-11-15/h7-12H,6H2,1-5H3. The van der Waals surface area contributed by atoms with E-state index in [0.717, 1.165) is 17.8 Å². The van der Waals surface area contributed by atoms with Crippen molar-refractivity contribution in [3.05, 3.63) is 47.2 Å². The number of ketones is 1. The van der Waals surface area contributed by atoms with Crippen molar-refractivity contribution in [2.75, 3.05) is 0 Å². The molecular formula is C18H23NO. The van der Waals surface area contributed by atoms with Gasteiger partial charge in [0.2, 0.25) is 0 Å². The van der Waals surface area contributed by atoms with Crippen molar-refractivity contribution in [1.29, 1.82) is 0 Å². The van der Waals surface area contributed by atoms with E-state index in [1.165, 1.54) is 16.8 Å². The molecule has 0 aliphatic heterocycles. The van der Waals surface area contributed by atoms with E-state index in [4.69, 9.17) is 0 Å². The summed E-state index contributed by atoms with van der Waals surface area (Å²) in [6, 6.07) is 10.4. The van der Waals surface area contributed by atoms with Crippen molar-refractivity contribution >= 4 is 5.78 Å². The van der Waals surface area contributed by atoms with E-state index >= 15 is 0 Å². The molecule has 0 radical (unpaired) electrons. The quantitative estimate of drug-likeness (QED) is 0.730. The first-order valence-electron chi connectivity index (χ1n) is 7.28.